The van der Waals surface area contributed by atoms with Crippen molar-refractivity contribution >= 4 is 5.97 Å². The lowest BCUT2D eigenvalue weighted by Gasteiger charge is -2.13. The minimum atomic E-state index is -0.292. The Morgan fingerprint density at radius 2 is 1.77 bits per heavy atom. The molecule has 0 atom stereocenters. The third kappa shape index (κ3) is 5.60. The molecule has 0 aliphatic carbocycles. The zero-order chi connectivity index (χ0) is 10.3. The lowest BCUT2D eigenvalue weighted by molar-refractivity contribution is -0.152. The number of methoxy groups -OCH3 is 2. The van der Waals surface area contributed by atoms with E-state index in [-0.39, 0.29) is 18.2 Å². The van der Waals surface area contributed by atoms with Gasteiger partial charge in [-0.2, -0.15) is 0 Å². The summed E-state index contributed by atoms with van der Waals surface area (Å²) < 4.78 is 14.8. The fourth-order valence-corrected chi connectivity index (χ4v) is 0.754. The molecule has 0 heterocycles. The largest absolute Gasteiger partial charge is 0.465 e. The van der Waals surface area contributed by atoms with Gasteiger partial charge in [0.1, 0.15) is 0 Å². The summed E-state index contributed by atoms with van der Waals surface area (Å²) >= 11 is 0. The first-order valence-electron chi connectivity index (χ1n) is 4.34. The standard InChI is InChI=1S/C9H18O4/c1-7(2)9(10)13-6-5-8(11-3)12-4/h7-8H,5-6H2,1-4H3. The summed E-state index contributed by atoms with van der Waals surface area (Å²) in [6.45, 7) is 3.93. The van der Waals surface area contributed by atoms with Gasteiger partial charge in [-0.25, -0.2) is 0 Å². The summed E-state index contributed by atoms with van der Waals surface area (Å²) in [7, 11) is 3.11. The van der Waals surface area contributed by atoms with Crippen LogP contribution in [-0.2, 0) is 19.0 Å². The van der Waals surface area contributed by atoms with E-state index in [2.05, 4.69) is 0 Å². The maximum atomic E-state index is 11.0. The number of ether oxygens (including phenoxy) is 3. The van der Waals surface area contributed by atoms with Crippen molar-refractivity contribution in [1.82, 2.24) is 0 Å². The Hall–Kier alpha value is -0.610. The fraction of sp³-hybridized carbons (Fsp3) is 0.889. The lowest BCUT2D eigenvalue weighted by Crippen LogP contribution is -2.19. The van der Waals surface area contributed by atoms with Gasteiger partial charge in [0.05, 0.1) is 12.5 Å². The van der Waals surface area contributed by atoms with Gasteiger partial charge in [0, 0.05) is 20.6 Å². The van der Waals surface area contributed by atoms with Crippen LogP contribution in [-0.4, -0.2) is 33.1 Å². The van der Waals surface area contributed by atoms with E-state index in [0.717, 1.165) is 0 Å². The molecule has 0 spiro atoms. The van der Waals surface area contributed by atoms with Crippen molar-refractivity contribution < 1.29 is 19.0 Å². The van der Waals surface area contributed by atoms with Gasteiger partial charge in [-0.15, -0.1) is 0 Å². The molecule has 4 heteroatoms. The molecule has 0 fully saturated rings. The van der Waals surface area contributed by atoms with Crippen LogP contribution in [0.15, 0.2) is 0 Å². The molecule has 0 radical (unpaired) electrons. The van der Waals surface area contributed by atoms with Crippen LogP contribution in [0.2, 0.25) is 0 Å². The topological polar surface area (TPSA) is 44.8 Å². The highest BCUT2D eigenvalue weighted by atomic mass is 16.7. The monoisotopic (exact) mass is 190 g/mol. The van der Waals surface area contributed by atoms with E-state index < -0.39 is 0 Å². The molecule has 0 saturated carbocycles. The molecule has 0 rings (SSSR count). The van der Waals surface area contributed by atoms with Gasteiger partial charge < -0.3 is 14.2 Å². The number of rotatable bonds is 6. The molecule has 4 nitrogen and oxygen atoms in total. The average molecular weight is 190 g/mol. The summed E-state index contributed by atoms with van der Waals surface area (Å²) in [5.74, 6) is -0.269. The van der Waals surface area contributed by atoms with Crippen molar-refractivity contribution in [3.05, 3.63) is 0 Å². The molecule has 0 N–H and O–H groups in total. The normalized spacial score (nSPS) is 10.9. The summed E-state index contributed by atoms with van der Waals surface area (Å²) in [5.41, 5.74) is 0. The Kier molecular flexibility index (Phi) is 6.54. The Balaban J connectivity index is 3.49. The molecule has 0 aliphatic rings. The van der Waals surface area contributed by atoms with Crippen LogP contribution in [0.1, 0.15) is 20.3 Å². The molecule has 0 aromatic carbocycles. The Morgan fingerprint density at radius 3 is 2.15 bits per heavy atom. The minimum Gasteiger partial charge on any atom is -0.465 e. The SMILES string of the molecule is COC(CCOC(=O)C(C)C)OC. The molecule has 0 saturated heterocycles. The molecule has 13 heavy (non-hydrogen) atoms. The molecule has 0 aromatic rings. The fourth-order valence-electron chi connectivity index (χ4n) is 0.754. The number of esters is 1. The van der Waals surface area contributed by atoms with Gasteiger partial charge in [-0.3, -0.25) is 4.79 Å². The molecule has 0 aliphatic heterocycles. The summed E-state index contributed by atoms with van der Waals surface area (Å²) in [5, 5.41) is 0. The van der Waals surface area contributed by atoms with Crippen LogP contribution in [0.25, 0.3) is 0 Å². The van der Waals surface area contributed by atoms with E-state index in [4.69, 9.17) is 14.2 Å². The van der Waals surface area contributed by atoms with E-state index in [1.54, 1.807) is 28.1 Å². The maximum Gasteiger partial charge on any atom is 0.308 e. The average Bonchev–Trinajstić information content (AvgIpc) is 2.12. The van der Waals surface area contributed by atoms with Crippen molar-refractivity contribution in [2.75, 3.05) is 20.8 Å². The van der Waals surface area contributed by atoms with Crippen LogP contribution >= 0.6 is 0 Å². The van der Waals surface area contributed by atoms with Crippen molar-refractivity contribution in [2.45, 2.75) is 26.6 Å². The van der Waals surface area contributed by atoms with Crippen molar-refractivity contribution in [2.24, 2.45) is 5.92 Å². The zero-order valence-corrected chi connectivity index (χ0v) is 8.70. The van der Waals surface area contributed by atoms with Gasteiger partial charge >= 0.3 is 5.97 Å². The van der Waals surface area contributed by atoms with Gasteiger partial charge in [0.2, 0.25) is 0 Å². The predicted octanol–water partition coefficient (Wildman–Crippen LogP) is 1.19. The van der Waals surface area contributed by atoms with Crippen molar-refractivity contribution in [3.63, 3.8) is 0 Å². The highest BCUT2D eigenvalue weighted by Gasteiger charge is 2.10. The first-order valence-corrected chi connectivity index (χ1v) is 4.34. The zero-order valence-electron chi connectivity index (χ0n) is 8.70. The van der Waals surface area contributed by atoms with E-state index in [9.17, 15) is 4.79 Å². The number of carbonyl (C=O) groups is 1. The smallest absolute Gasteiger partial charge is 0.308 e. The molecular formula is C9H18O4. The van der Waals surface area contributed by atoms with Crippen LogP contribution in [0.5, 0.6) is 0 Å². The van der Waals surface area contributed by atoms with E-state index in [1.165, 1.54) is 0 Å². The van der Waals surface area contributed by atoms with Crippen LogP contribution in [0.4, 0.5) is 0 Å². The van der Waals surface area contributed by atoms with Crippen LogP contribution < -0.4 is 0 Å². The van der Waals surface area contributed by atoms with Gasteiger partial charge in [0.15, 0.2) is 6.29 Å². The van der Waals surface area contributed by atoms with Crippen LogP contribution in [0, 0.1) is 5.92 Å². The molecule has 78 valence electrons. The number of hydrogen-bond donors (Lipinski definition) is 0. The van der Waals surface area contributed by atoms with Gasteiger partial charge in [0.25, 0.3) is 0 Å². The first-order chi connectivity index (χ1) is 6.11. The maximum absolute atomic E-state index is 11.0. The highest BCUT2D eigenvalue weighted by molar-refractivity contribution is 5.71. The van der Waals surface area contributed by atoms with E-state index in [1.807, 2.05) is 0 Å². The molecular weight excluding hydrogens is 172 g/mol. The third-order valence-electron chi connectivity index (χ3n) is 1.60. The second-order valence-corrected chi connectivity index (χ2v) is 3.01. The molecule has 0 unspecified atom stereocenters. The van der Waals surface area contributed by atoms with Crippen LogP contribution in [0.3, 0.4) is 0 Å². The van der Waals surface area contributed by atoms with Crippen molar-refractivity contribution in [3.8, 4) is 0 Å². The molecule has 0 amide bonds. The summed E-state index contributed by atoms with van der Waals surface area (Å²) in [4.78, 5) is 11.0. The van der Waals surface area contributed by atoms with Crippen molar-refractivity contribution in [1.29, 1.82) is 0 Å². The minimum absolute atomic E-state index is 0.0801. The Labute approximate surface area is 79.2 Å². The third-order valence-corrected chi connectivity index (χ3v) is 1.60. The van der Waals surface area contributed by atoms with Gasteiger partial charge in [-0.1, -0.05) is 13.8 Å². The highest BCUT2D eigenvalue weighted by Crippen LogP contribution is 2.01. The summed E-state index contributed by atoms with van der Waals surface area (Å²) in [6, 6.07) is 0. The second kappa shape index (κ2) is 6.86. The van der Waals surface area contributed by atoms with Gasteiger partial charge in [-0.05, 0) is 0 Å². The second-order valence-electron chi connectivity index (χ2n) is 3.01. The predicted molar refractivity (Wildman–Crippen MR) is 48.2 cm³/mol. The Morgan fingerprint density at radius 1 is 1.23 bits per heavy atom. The molecule has 0 bridgehead atoms. The number of carbonyl (C=O) groups excluding carboxylic acids is 1. The Bertz CT molecular complexity index is 141. The van der Waals surface area contributed by atoms with E-state index in [0.29, 0.717) is 13.0 Å². The first kappa shape index (κ1) is 12.4. The molecule has 0 aromatic heterocycles. The lowest BCUT2D eigenvalue weighted by atomic mass is 10.2. The summed E-state index contributed by atoms with van der Waals surface area (Å²) in [6.07, 6.45) is 0.269. The van der Waals surface area contributed by atoms with E-state index >= 15 is 0 Å². The number of hydrogen-bond acceptors (Lipinski definition) is 4. The quantitative estimate of drug-likeness (QED) is 0.466.